The zero-order chi connectivity index (χ0) is 21.2. The van der Waals surface area contributed by atoms with Gasteiger partial charge < -0.3 is 15.1 Å². The Hall–Kier alpha value is -1.78. The summed E-state index contributed by atoms with van der Waals surface area (Å²) in [6, 6.07) is 6.42. The second-order valence-electron chi connectivity index (χ2n) is 6.02. The summed E-state index contributed by atoms with van der Waals surface area (Å²) in [5, 5.41) is 5.87. The Bertz CT molecular complexity index is 889. The second kappa shape index (κ2) is 8.71. The maximum Gasteiger partial charge on any atom is 0.416 e. The molecule has 0 atom stereocenters. The zero-order valence-corrected chi connectivity index (χ0v) is 18.7. The van der Waals surface area contributed by atoms with Gasteiger partial charge in [0.25, 0.3) is 5.91 Å². The van der Waals surface area contributed by atoms with E-state index in [1.807, 2.05) is 0 Å². The molecule has 0 heterocycles. The molecule has 0 aromatic heterocycles. The van der Waals surface area contributed by atoms with Crippen LogP contribution in [0.1, 0.15) is 15.9 Å². The molecular formula is C18H18Br2F3N3O2. The van der Waals surface area contributed by atoms with Crippen LogP contribution >= 0.6 is 31.9 Å². The van der Waals surface area contributed by atoms with Crippen molar-refractivity contribution in [1.29, 1.82) is 0 Å². The summed E-state index contributed by atoms with van der Waals surface area (Å²) in [5.74, 6) is -0.332. The smallest absolute Gasteiger partial charge is 0.416 e. The third-order valence-electron chi connectivity index (χ3n) is 3.98. The van der Waals surface area contributed by atoms with Gasteiger partial charge in [0.2, 0.25) is 0 Å². The van der Waals surface area contributed by atoms with Gasteiger partial charge in [-0.2, -0.15) is 13.2 Å². The number of halogens is 5. The molecule has 0 aliphatic rings. The van der Waals surface area contributed by atoms with Gasteiger partial charge in [0, 0.05) is 25.6 Å². The second-order valence-corrected chi connectivity index (χ2v) is 7.79. The third-order valence-corrected chi connectivity index (χ3v) is 5.02. The molecule has 0 unspecified atom stereocenters. The lowest BCUT2D eigenvalue weighted by Crippen LogP contribution is -2.34. The van der Waals surface area contributed by atoms with Gasteiger partial charge in [0.1, 0.15) is 5.75 Å². The molecule has 0 bridgehead atoms. The lowest BCUT2D eigenvalue weighted by atomic mass is 10.1. The highest BCUT2D eigenvalue weighted by molar-refractivity contribution is 9.11. The molecule has 0 saturated carbocycles. The minimum Gasteiger partial charge on any atom is -0.495 e. The third kappa shape index (κ3) is 4.98. The fraction of sp³-hybridized carbons (Fsp3) is 0.278. The molecule has 0 spiro atoms. The van der Waals surface area contributed by atoms with Crippen molar-refractivity contribution in [1.82, 2.24) is 5.01 Å². The standard InChI is InChI=1S/C18H18Br2F3N3O2/c1-25(2)26(3)15-6-5-10(18(21,22)23)7-14(15)24-17(27)12-8-11(19)9-13(20)16(12)28-4/h5-9H,1-4H3,(H,24,27). The van der Waals surface area contributed by atoms with Gasteiger partial charge in [-0.1, -0.05) is 15.9 Å². The highest BCUT2D eigenvalue weighted by Crippen LogP contribution is 2.37. The summed E-state index contributed by atoms with van der Waals surface area (Å²) in [5.41, 5.74) is -0.269. The van der Waals surface area contributed by atoms with E-state index in [0.717, 1.165) is 12.1 Å². The molecule has 0 saturated heterocycles. The summed E-state index contributed by atoms with van der Waals surface area (Å²) >= 11 is 6.60. The van der Waals surface area contributed by atoms with Crippen LogP contribution in [0.15, 0.2) is 39.3 Å². The number of anilines is 2. The van der Waals surface area contributed by atoms with E-state index in [-0.39, 0.29) is 17.0 Å². The van der Waals surface area contributed by atoms with Crippen molar-refractivity contribution in [2.75, 3.05) is 38.6 Å². The van der Waals surface area contributed by atoms with Crippen molar-refractivity contribution in [3.8, 4) is 5.75 Å². The first-order valence-corrected chi connectivity index (χ1v) is 9.51. The van der Waals surface area contributed by atoms with Crippen LogP contribution in [0.3, 0.4) is 0 Å². The monoisotopic (exact) mass is 523 g/mol. The number of hydrogen-bond acceptors (Lipinski definition) is 4. The van der Waals surface area contributed by atoms with Gasteiger partial charge in [-0.15, -0.1) is 0 Å². The first-order valence-electron chi connectivity index (χ1n) is 7.92. The molecular weight excluding hydrogens is 507 g/mol. The van der Waals surface area contributed by atoms with Crippen LogP contribution in [-0.4, -0.2) is 39.2 Å². The first kappa shape index (κ1) is 22.5. The van der Waals surface area contributed by atoms with Crippen LogP contribution in [-0.2, 0) is 6.18 Å². The van der Waals surface area contributed by atoms with Crippen LogP contribution in [0.4, 0.5) is 24.5 Å². The number of carbonyl (C=O) groups excluding carboxylic acids is 1. The Morgan fingerprint density at radius 2 is 1.75 bits per heavy atom. The van der Waals surface area contributed by atoms with Gasteiger partial charge in [-0.05, 0) is 46.3 Å². The van der Waals surface area contributed by atoms with E-state index < -0.39 is 17.6 Å². The maximum absolute atomic E-state index is 13.2. The molecule has 0 radical (unpaired) electrons. The van der Waals surface area contributed by atoms with Crippen molar-refractivity contribution < 1.29 is 22.7 Å². The van der Waals surface area contributed by atoms with Crippen molar-refractivity contribution in [3.63, 3.8) is 0 Å². The topological polar surface area (TPSA) is 44.8 Å². The van der Waals surface area contributed by atoms with Crippen LogP contribution in [0.25, 0.3) is 0 Å². The lowest BCUT2D eigenvalue weighted by molar-refractivity contribution is -0.137. The predicted molar refractivity (Wildman–Crippen MR) is 110 cm³/mol. The van der Waals surface area contributed by atoms with E-state index in [1.165, 1.54) is 19.2 Å². The molecule has 0 aliphatic carbocycles. The Morgan fingerprint density at radius 1 is 1.11 bits per heavy atom. The Labute approximate surface area is 177 Å². The fourth-order valence-electron chi connectivity index (χ4n) is 2.44. The summed E-state index contributed by atoms with van der Waals surface area (Å²) < 4.78 is 45.9. The molecule has 152 valence electrons. The number of alkyl halides is 3. The van der Waals surface area contributed by atoms with Gasteiger partial charge in [-0.25, -0.2) is 5.01 Å². The molecule has 1 amide bonds. The number of rotatable bonds is 5. The number of hydrazine groups is 1. The number of benzene rings is 2. The van der Waals surface area contributed by atoms with Crippen molar-refractivity contribution >= 4 is 49.1 Å². The molecule has 28 heavy (non-hydrogen) atoms. The highest BCUT2D eigenvalue weighted by Gasteiger charge is 2.32. The van der Waals surface area contributed by atoms with Gasteiger partial charge in [-0.3, -0.25) is 4.79 Å². The maximum atomic E-state index is 13.2. The lowest BCUT2D eigenvalue weighted by Gasteiger charge is -2.29. The molecule has 2 aromatic carbocycles. The van der Waals surface area contributed by atoms with Crippen molar-refractivity contribution in [2.45, 2.75) is 6.18 Å². The fourth-order valence-corrected chi connectivity index (χ4v) is 3.82. The number of nitrogens with one attached hydrogen (secondary N) is 1. The van der Waals surface area contributed by atoms with Gasteiger partial charge >= 0.3 is 6.18 Å². The Balaban J connectivity index is 2.53. The average molecular weight is 525 g/mol. The Kier molecular flexibility index (Phi) is 7.00. The van der Waals surface area contributed by atoms with Crippen LogP contribution in [0, 0.1) is 0 Å². The average Bonchev–Trinajstić information content (AvgIpc) is 2.59. The summed E-state index contributed by atoms with van der Waals surface area (Å²) in [7, 11) is 6.55. The summed E-state index contributed by atoms with van der Waals surface area (Å²) in [4.78, 5) is 12.9. The van der Waals surface area contributed by atoms with E-state index in [9.17, 15) is 18.0 Å². The zero-order valence-electron chi connectivity index (χ0n) is 15.5. The molecule has 2 aromatic rings. The highest BCUT2D eigenvalue weighted by atomic mass is 79.9. The molecule has 2 rings (SSSR count). The molecule has 0 fully saturated rings. The van der Waals surface area contributed by atoms with E-state index in [0.29, 0.717) is 14.6 Å². The predicted octanol–water partition coefficient (Wildman–Crippen LogP) is 5.40. The van der Waals surface area contributed by atoms with Gasteiger partial charge in [0.15, 0.2) is 0 Å². The molecule has 5 nitrogen and oxygen atoms in total. The summed E-state index contributed by atoms with van der Waals surface area (Å²) in [6.45, 7) is 0. The van der Waals surface area contributed by atoms with Crippen LogP contribution in [0.5, 0.6) is 5.75 Å². The van der Waals surface area contributed by atoms with Crippen molar-refractivity contribution in [2.24, 2.45) is 0 Å². The first-order chi connectivity index (χ1) is 13.0. The molecule has 10 heteroatoms. The normalized spacial score (nSPS) is 11.5. The minimum atomic E-state index is -4.54. The van der Waals surface area contributed by atoms with Crippen molar-refractivity contribution in [3.05, 3.63) is 50.4 Å². The number of methoxy groups -OCH3 is 1. The van der Waals surface area contributed by atoms with Gasteiger partial charge in [0.05, 0.1) is 34.1 Å². The quantitative estimate of drug-likeness (QED) is 0.532. The van der Waals surface area contributed by atoms with Crippen LogP contribution in [0.2, 0.25) is 0 Å². The Morgan fingerprint density at radius 3 is 2.29 bits per heavy atom. The number of nitrogens with zero attached hydrogens (tertiary/aromatic N) is 2. The minimum absolute atomic E-state index is 0.0224. The number of ether oxygens (including phenoxy) is 1. The van der Waals surface area contributed by atoms with E-state index in [4.69, 9.17) is 4.74 Å². The SMILES string of the molecule is COc1c(Br)cc(Br)cc1C(=O)Nc1cc(C(F)(F)F)ccc1N(C)N(C)C. The van der Waals surface area contributed by atoms with E-state index in [1.54, 1.807) is 37.2 Å². The van der Waals surface area contributed by atoms with Crippen LogP contribution < -0.4 is 15.1 Å². The van der Waals surface area contributed by atoms with E-state index >= 15 is 0 Å². The summed E-state index contributed by atoms with van der Waals surface area (Å²) in [6.07, 6.45) is -4.54. The molecule has 1 N–H and O–H groups in total. The van der Waals surface area contributed by atoms with E-state index in [2.05, 4.69) is 37.2 Å². The molecule has 0 aliphatic heterocycles. The largest absolute Gasteiger partial charge is 0.495 e. The number of carbonyl (C=O) groups is 1. The number of hydrogen-bond donors (Lipinski definition) is 1. The number of amides is 1.